The third kappa shape index (κ3) is 4.79. The minimum Gasteiger partial charge on any atom is -0.308 e. The second-order valence-electron chi connectivity index (χ2n) is 6.66. The van der Waals surface area contributed by atoms with E-state index in [0.29, 0.717) is 22.3 Å². The van der Waals surface area contributed by atoms with Gasteiger partial charge in [0.2, 0.25) is 0 Å². The molecular weight excluding hydrogens is 401 g/mol. The molecule has 2 aromatic carbocycles. The second kappa shape index (κ2) is 9.02. The molecule has 0 atom stereocenters. The van der Waals surface area contributed by atoms with Crippen molar-refractivity contribution >= 4 is 56.6 Å². The van der Waals surface area contributed by atoms with Gasteiger partial charge in [0.15, 0.2) is 5.13 Å². The number of benzene rings is 2. The summed E-state index contributed by atoms with van der Waals surface area (Å²) in [5, 5.41) is 1.29. The summed E-state index contributed by atoms with van der Waals surface area (Å²) in [5.74, 6) is -0.0248. The van der Waals surface area contributed by atoms with E-state index in [9.17, 15) is 4.79 Å². The van der Waals surface area contributed by atoms with Crippen LogP contribution >= 0.6 is 35.3 Å². The molecule has 0 aliphatic heterocycles. The topological polar surface area (TPSA) is 36.4 Å². The molecule has 7 heteroatoms. The standard InChI is InChI=1S/C20H22ClN3OS.ClH/c1-13-8-9-14(2)15(12-13)19(25)24(11-10-23(3)4)20-22-18-16(21)6-5-7-17(18)26-20;/h5-9,12H,10-11H2,1-4H3;1H. The quantitative estimate of drug-likeness (QED) is 0.565. The zero-order valence-corrected chi connectivity index (χ0v) is 18.2. The van der Waals surface area contributed by atoms with Crippen molar-refractivity contribution in [1.82, 2.24) is 9.88 Å². The maximum absolute atomic E-state index is 13.3. The van der Waals surface area contributed by atoms with E-state index in [-0.39, 0.29) is 18.3 Å². The summed E-state index contributed by atoms with van der Waals surface area (Å²) >= 11 is 7.77. The Bertz CT molecular complexity index is 956. The monoisotopic (exact) mass is 423 g/mol. The molecule has 4 nitrogen and oxygen atoms in total. The normalized spacial score (nSPS) is 10.9. The zero-order valence-electron chi connectivity index (χ0n) is 15.8. The lowest BCUT2D eigenvalue weighted by Gasteiger charge is -2.23. The number of carbonyl (C=O) groups excluding carboxylic acids is 1. The molecule has 144 valence electrons. The highest BCUT2D eigenvalue weighted by molar-refractivity contribution is 7.22. The van der Waals surface area contributed by atoms with Gasteiger partial charge in [-0.2, -0.15) is 0 Å². The molecule has 0 fully saturated rings. The van der Waals surface area contributed by atoms with Crippen LogP contribution < -0.4 is 4.90 Å². The third-order valence-corrected chi connectivity index (χ3v) is 5.58. The Hall–Kier alpha value is -1.66. The second-order valence-corrected chi connectivity index (χ2v) is 8.08. The van der Waals surface area contributed by atoms with Gasteiger partial charge in [-0.05, 0) is 51.7 Å². The molecule has 1 amide bonds. The number of thiazole rings is 1. The van der Waals surface area contributed by atoms with Crippen LogP contribution in [0.3, 0.4) is 0 Å². The minimum absolute atomic E-state index is 0. The fourth-order valence-corrected chi connectivity index (χ4v) is 4.00. The minimum atomic E-state index is -0.0248. The lowest BCUT2D eigenvalue weighted by molar-refractivity contribution is 0.0984. The van der Waals surface area contributed by atoms with Crippen molar-refractivity contribution in [2.24, 2.45) is 0 Å². The molecule has 0 aliphatic rings. The van der Waals surface area contributed by atoms with Crippen LogP contribution in [-0.4, -0.2) is 43.0 Å². The molecule has 3 aromatic rings. The van der Waals surface area contributed by atoms with Gasteiger partial charge in [0.25, 0.3) is 5.91 Å². The number of rotatable bonds is 5. The fraction of sp³-hybridized carbons (Fsp3) is 0.300. The molecule has 1 aromatic heterocycles. The number of anilines is 1. The number of hydrogen-bond donors (Lipinski definition) is 0. The molecule has 0 saturated carbocycles. The van der Waals surface area contributed by atoms with Crippen LogP contribution in [0.15, 0.2) is 36.4 Å². The lowest BCUT2D eigenvalue weighted by Crippen LogP contribution is -2.37. The molecule has 1 heterocycles. The molecule has 0 aliphatic carbocycles. The molecule has 0 N–H and O–H groups in total. The molecule has 0 radical (unpaired) electrons. The van der Waals surface area contributed by atoms with Gasteiger partial charge >= 0.3 is 0 Å². The summed E-state index contributed by atoms with van der Waals surface area (Å²) in [6.45, 7) is 5.28. The van der Waals surface area contributed by atoms with Crippen molar-refractivity contribution in [3.63, 3.8) is 0 Å². The van der Waals surface area contributed by atoms with Gasteiger partial charge in [-0.15, -0.1) is 12.4 Å². The first kappa shape index (κ1) is 21.6. The number of aryl methyl sites for hydroxylation is 2. The first-order chi connectivity index (χ1) is 12.4. The summed E-state index contributed by atoms with van der Waals surface area (Å²) in [5.41, 5.74) is 3.50. The summed E-state index contributed by atoms with van der Waals surface area (Å²) in [7, 11) is 3.99. The predicted octanol–water partition coefficient (Wildman–Crippen LogP) is 5.20. The van der Waals surface area contributed by atoms with Crippen LogP contribution in [0.4, 0.5) is 5.13 Å². The molecule has 0 bridgehead atoms. The Morgan fingerprint density at radius 3 is 2.56 bits per heavy atom. The van der Waals surface area contributed by atoms with Crippen LogP contribution in [0.1, 0.15) is 21.5 Å². The molecular formula is C20H23Cl2N3OS. The van der Waals surface area contributed by atoms with Crippen LogP contribution in [0, 0.1) is 13.8 Å². The van der Waals surface area contributed by atoms with Crippen molar-refractivity contribution < 1.29 is 4.79 Å². The van der Waals surface area contributed by atoms with Gasteiger partial charge in [-0.3, -0.25) is 9.69 Å². The first-order valence-corrected chi connectivity index (χ1v) is 9.65. The Balaban J connectivity index is 0.00000261. The highest BCUT2D eigenvalue weighted by atomic mass is 35.5. The average molecular weight is 424 g/mol. The smallest absolute Gasteiger partial charge is 0.260 e. The van der Waals surface area contributed by atoms with Crippen molar-refractivity contribution in [3.8, 4) is 0 Å². The van der Waals surface area contributed by atoms with Crippen LogP contribution in [0.25, 0.3) is 10.2 Å². The maximum Gasteiger partial charge on any atom is 0.260 e. The van der Waals surface area contributed by atoms with E-state index in [2.05, 4.69) is 9.88 Å². The Morgan fingerprint density at radius 1 is 1.15 bits per heavy atom. The summed E-state index contributed by atoms with van der Waals surface area (Å²) < 4.78 is 0.983. The number of nitrogens with zero attached hydrogens (tertiary/aromatic N) is 3. The number of halogens is 2. The van der Waals surface area contributed by atoms with Gasteiger partial charge < -0.3 is 4.90 Å². The van der Waals surface area contributed by atoms with E-state index in [4.69, 9.17) is 11.6 Å². The Kier molecular flexibility index (Phi) is 7.23. The number of fused-ring (bicyclic) bond motifs is 1. The van der Waals surface area contributed by atoms with Crippen molar-refractivity contribution in [2.45, 2.75) is 13.8 Å². The van der Waals surface area contributed by atoms with Gasteiger partial charge in [0, 0.05) is 18.7 Å². The third-order valence-electron chi connectivity index (χ3n) is 4.23. The Labute approximate surface area is 175 Å². The van der Waals surface area contributed by atoms with E-state index in [0.717, 1.165) is 27.9 Å². The molecule has 3 rings (SSSR count). The highest BCUT2D eigenvalue weighted by Gasteiger charge is 2.23. The highest BCUT2D eigenvalue weighted by Crippen LogP contribution is 2.33. The number of likely N-dealkylation sites (N-methyl/N-ethyl adjacent to an activating group) is 1. The van der Waals surface area contributed by atoms with Crippen LogP contribution in [-0.2, 0) is 0 Å². The van der Waals surface area contributed by atoms with E-state index < -0.39 is 0 Å². The van der Waals surface area contributed by atoms with Gasteiger partial charge in [0.1, 0.15) is 5.52 Å². The first-order valence-electron chi connectivity index (χ1n) is 8.45. The SMILES string of the molecule is Cc1ccc(C)c(C(=O)N(CCN(C)C)c2nc3c(Cl)cccc3s2)c1.Cl. The molecule has 0 spiro atoms. The van der Waals surface area contributed by atoms with E-state index in [1.165, 1.54) is 11.3 Å². The molecule has 27 heavy (non-hydrogen) atoms. The van der Waals surface area contributed by atoms with E-state index >= 15 is 0 Å². The fourth-order valence-electron chi connectivity index (χ4n) is 2.71. The van der Waals surface area contributed by atoms with E-state index in [1.54, 1.807) is 4.90 Å². The van der Waals surface area contributed by atoms with Gasteiger partial charge in [-0.25, -0.2) is 4.98 Å². The number of aromatic nitrogens is 1. The number of amides is 1. The Morgan fingerprint density at radius 2 is 1.89 bits per heavy atom. The maximum atomic E-state index is 13.3. The predicted molar refractivity (Wildman–Crippen MR) is 118 cm³/mol. The molecule has 0 saturated heterocycles. The zero-order chi connectivity index (χ0) is 18.8. The summed E-state index contributed by atoms with van der Waals surface area (Å²) in [4.78, 5) is 21.8. The van der Waals surface area contributed by atoms with Gasteiger partial charge in [-0.1, -0.05) is 46.7 Å². The largest absolute Gasteiger partial charge is 0.308 e. The van der Waals surface area contributed by atoms with E-state index in [1.807, 2.05) is 64.3 Å². The lowest BCUT2D eigenvalue weighted by atomic mass is 10.0. The van der Waals surface area contributed by atoms with Crippen molar-refractivity contribution in [2.75, 3.05) is 32.1 Å². The van der Waals surface area contributed by atoms with Crippen LogP contribution in [0.5, 0.6) is 0 Å². The van der Waals surface area contributed by atoms with Crippen molar-refractivity contribution in [1.29, 1.82) is 0 Å². The number of carbonyl (C=O) groups is 1. The number of para-hydroxylation sites is 1. The summed E-state index contributed by atoms with van der Waals surface area (Å²) in [6, 6.07) is 11.7. The average Bonchev–Trinajstić information content (AvgIpc) is 3.02. The van der Waals surface area contributed by atoms with Gasteiger partial charge in [0.05, 0.1) is 9.72 Å². The van der Waals surface area contributed by atoms with Crippen LogP contribution in [0.2, 0.25) is 5.02 Å². The summed E-state index contributed by atoms with van der Waals surface area (Å²) in [6.07, 6.45) is 0. The number of hydrogen-bond acceptors (Lipinski definition) is 4. The molecule has 0 unspecified atom stereocenters. The van der Waals surface area contributed by atoms with Crippen molar-refractivity contribution in [3.05, 3.63) is 58.1 Å².